The number of carbonyl (C=O) groups excluding carboxylic acids is 1. The highest BCUT2D eigenvalue weighted by molar-refractivity contribution is 5.76. The number of rotatable bonds is 5. The molecule has 1 saturated heterocycles. The third kappa shape index (κ3) is 4.35. The molecule has 1 aromatic rings. The van der Waals surface area contributed by atoms with E-state index in [1.807, 2.05) is 13.8 Å². The molecule has 0 aromatic carbocycles. The van der Waals surface area contributed by atoms with Crippen LogP contribution >= 0.6 is 0 Å². The lowest BCUT2D eigenvalue weighted by molar-refractivity contribution is -0.122. The molecule has 2 heterocycles. The van der Waals surface area contributed by atoms with Gasteiger partial charge in [0.15, 0.2) is 0 Å². The van der Waals surface area contributed by atoms with Gasteiger partial charge in [-0.05, 0) is 39.7 Å². The molecule has 2 unspecified atom stereocenters. The molecule has 0 bridgehead atoms. The van der Waals surface area contributed by atoms with Gasteiger partial charge in [0.1, 0.15) is 11.8 Å². The topological polar surface area (TPSA) is 67.2 Å². The number of hydrogen-bond acceptors (Lipinski definition) is 4. The second kappa shape index (κ2) is 6.70. The lowest BCUT2D eigenvalue weighted by atomic mass is 10.0. The van der Waals surface area contributed by atoms with Crippen molar-refractivity contribution in [3.05, 3.63) is 17.8 Å². The first kappa shape index (κ1) is 14.1. The molecule has 19 heavy (non-hydrogen) atoms. The summed E-state index contributed by atoms with van der Waals surface area (Å²) in [5, 5.41) is 6.38. The standard InChI is InChI=1S/C14H23N3O2/c1-10-9-16-14(19-10)11(2)17-13(18)7-6-12-5-3-4-8-15-12/h9,11-12,15H,3-8H2,1-2H3,(H,17,18). The van der Waals surface area contributed by atoms with Crippen LogP contribution in [0.15, 0.2) is 10.6 Å². The predicted molar refractivity (Wildman–Crippen MR) is 72.7 cm³/mol. The van der Waals surface area contributed by atoms with E-state index in [0.717, 1.165) is 18.7 Å². The van der Waals surface area contributed by atoms with E-state index in [0.29, 0.717) is 18.4 Å². The lowest BCUT2D eigenvalue weighted by Crippen LogP contribution is -2.35. The van der Waals surface area contributed by atoms with Gasteiger partial charge in [-0.3, -0.25) is 4.79 Å². The van der Waals surface area contributed by atoms with Gasteiger partial charge in [0.2, 0.25) is 11.8 Å². The SMILES string of the molecule is Cc1cnc(C(C)NC(=O)CCC2CCCCN2)o1. The molecule has 0 radical (unpaired) electrons. The number of amides is 1. The summed E-state index contributed by atoms with van der Waals surface area (Å²) in [7, 11) is 0. The minimum absolute atomic E-state index is 0.0655. The molecule has 2 atom stereocenters. The first-order valence-electron chi connectivity index (χ1n) is 7.10. The van der Waals surface area contributed by atoms with Gasteiger partial charge in [0, 0.05) is 12.5 Å². The van der Waals surface area contributed by atoms with Gasteiger partial charge in [-0.15, -0.1) is 0 Å². The van der Waals surface area contributed by atoms with Crippen LogP contribution in [0.5, 0.6) is 0 Å². The summed E-state index contributed by atoms with van der Waals surface area (Å²) in [5.74, 6) is 1.40. The third-order valence-corrected chi connectivity index (χ3v) is 3.52. The van der Waals surface area contributed by atoms with Crippen LogP contribution in [0.4, 0.5) is 0 Å². The molecule has 1 aromatic heterocycles. The first-order valence-corrected chi connectivity index (χ1v) is 7.10. The number of hydrogen-bond donors (Lipinski definition) is 2. The quantitative estimate of drug-likeness (QED) is 0.855. The number of piperidine rings is 1. The van der Waals surface area contributed by atoms with Crippen molar-refractivity contribution < 1.29 is 9.21 Å². The van der Waals surface area contributed by atoms with Gasteiger partial charge in [-0.25, -0.2) is 4.98 Å². The van der Waals surface area contributed by atoms with E-state index in [1.54, 1.807) is 6.20 Å². The molecule has 5 nitrogen and oxygen atoms in total. The Morgan fingerprint density at radius 3 is 3.11 bits per heavy atom. The highest BCUT2D eigenvalue weighted by Crippen LogP contribution is 2.14. The highest BCUT2D eigenvalue weighted by Gasteiger charge is 2.17. The molecule has 2 N–H and O–H groups in total. The number of oxazole rings is 1. The average Bonchev–Trinajstić information content (AvgIpc) is 2.84. The van der Waals surface area contributed by atoms with Crippen LogP contribution in [0.3, 0.4) is 0 Å². The Morgan fingerprint density at radius 2 is 2.47 bits per heavy atom. The zero-order chi connectivity index (χ0) is 13.7. The van der Waals surface area contributed by atoms with Crippen LogP contribution in [-0.2, 0) is 4.79 Å². The second-order valence-corrected chi connectivity index (χ2v) is 5.28. The molecule has 0 aliphatic carbocycles. The van der Waals surface area contributed by atoms with E-state index >= 15 is 0 Å². The summed E-state index contributed by atoms with van der Waals surface area (Å²) in [4.78, 5) is 16.0. The van der Waals surface area contributed by atoms with Crippen molar-refractivity contribution in [1.82, 2.24) is 15.6 Å². The van der Waals surface area contributed by atoms with Crippen LogP contribution in [-0.4, -0.2) is 23.5 Å². The van der Waals surface area contributed by atoms with E-state index in [9.17, 15) is 4.79 Å². The Kier molecular flexibility index (Phi) is 4.96. The number of nitrogens with zero attached hydrogens (tertiary/aromatic N) is 1. The third-order valence-electron chi connectivity index (χ3n) is 3.52. The van der Waals surface area contributed by atoms with Crippen LogP contribution < -0.4 is 10.6 Å². The maximum atomic E-state index is 11.9. The molecule has 1 aliphatic rings. The number of nitrogens with one attached hydrogen (secondary N) is 2. The van der Waals surface area contributed by atoms with E-state index in [1.165, 1.54) is 19.3 Å². The van der Waals surface area contributed by atoms with Crippen molar-refractivity contribution in [3.8, 4) is 0 Å². The fraction of sp³-hybridized carbons (Fsp3) is 0.714. The largest absolute Gasteiger partial charge is 0.444 e. The van der Waals surface area contributed by atoms with Gasteiger partial charge in [0.25, 0.3) is 0 Å². The molecule has 1 fully saturated rings. The van der Waals surface area contributed by atoms with Crippen molar-refractivity contribution in [3.63, 3.8) is 0 Å². The lowest BCUT2D eigenvalue weighted by Gasteiger charge is -2.23. The molecule has 5 heteroatoms. The second-order valence-electron chi connectivity index (χ2n) is 5.28. The minimum atomic E-state index is -0.166. The highest BCUT2D eigenvalue weighted by atomic mass is 16.4. The summed E-state index contributed by atoms with van der Waals surface area (Å²) in [5.41, 5.74) is 0. The molecule has 106 valence electrons. The van der Waals surface area contributed by atoms with Crippen molar-refractivity contribution in [2.24, 2.45) is 0 Å². The Balaban J connectivity index is 1.71. The number of carbonyl (C=O) groups is 1. The molecule has 1 aliphatic heterocycles. The van der Waals surface area contributed by atoms with E-state index in [2.05, 4.69) is 15.6 Å². The first-order chi connectivity index (χ1) is 9.15. The summed E-state index contributed by atoms with van der Waals surface area (Å²) < 4.78 is 5.40. The van der Waals surface area contributed by atoms with Crippen molar-refractivity contribution in [2.45, 2.75) is 58.0 Å². The van der Waals surface area contributed by atoms with Crippen molar-refractivity contribution >= 4 is 5.91 Å². The Labute approximate surface area is 114 Å². The predicted octanol–water partition coefficient (Wildman–Crippen LogP) is 2.08. The van der Waals surface area contributed by atoms with Gasteiger partial charge in [0.05, 0.1) is 6.20 Å². The summed E-state index contributed by atoms with van der Waals surface area (Å²) in [6.45, 7) is 4.82. The van der Waals surface area contributed by atoms with Gasteiger partial charge < -0.3 is 15.1 Å². The van der Waals surface area contributed by atoms with E-state index < -0.39 is 0 Å². The molecule has 0 spiro atoms. The summed E-state index contributed by atoms with van der Waals surface area (Å²) in [6.07, 6.45) is 6.84. The van der Waals surface area contributed by atoms with E-state index in [4.69, 9.17) is 4.42 Å². The maximum absolute atomic E-state index is 11.9. The van der Waals surface area contributed by atoms with Gasteiger partial charge in [-0.1, -0.05) is 6.42 Å². The zero-order valence-electron chi connectivity index (χ0n) is 11.7. The normalized spacial score (nSPS) is 21.1. The zero-order valence-corrected chi connectivity index (χ0v) is 11.7. The van der Waals surface area contributed by atoms with Crippen LogP contribution in [0.25, 0.3) is 0 Å². The molecular formula is C14H23N3O2. The average molecular weight is 265 g/mol. The maximum Gasteiger partial charge on any atom is 0.220 e. The Hall–Kier alpha value is -1.36. The van der Waals surface area contributed by atoms with Crippen LogP contribution in [0.1, 0.15) is 56.7 Å². The summed E-state index contributed by atoms with van der Waals surface area (Å²) >= 11 is 0. The van der Waals surface area contributed by atoms with Gasteiger partial charge >= 0.3 is 0 Å². The monoisotopic (exact) mass is 265 g/mol. The molecule has 2 rings (SSSR count). The summed E-state index contributed by atoms with van der Waals surface area (Å²) in [6, 6.07) is 0.333. The van der Waals surface area contributed by atoms with Crippen LogP contribution in [0, 0.1) is 6.92 Å². The number of aromatic nitrogens is 1. The van der Waals surface area contributed by atoms with Crippen molar-refractivity contribution in [2.75, 3.05) is 6.54 Å². The number of aryl methyl sites for hydroxylation is 1. The Morgan fingerprint density at radius 1 is 1.63 bits per heavy atom. The minimum Gasteiger partial charge on any atom is -0.444 e. The molecular weight excluding hydrogens is 242 g/mol. The fourth-order valence-electron chi connectivity index (χ4n) is 2.42. The van der Waals surface area contributed by atoms with Crippen molar-refractivity contribution in [1.29, 1.82) is 0 Å². The molecule has 0 saturated carbocycles. The van der Waals surface area contributed by atoms with Crippen LogP contribution in [0.2, 0.25) is 0 Å². The molecule has 1 amide bonds. The van der Waals surface area contributed by atoms with Gasteiger partial charge in [-0.2, -0.15) is 0 Å². The van der Waals surface area contributed by atoms with E-state index in [-0.39, 0.29) is 11.9 Å². The Bertz CT molecular complexity index is 411. The smallest absolute Gasteiger partial charge is 0.220 e. The fourth-order valence-corrected chi connectivity index (χ4v) is 2.42.